The van der Waals surface area contributed by atoms with E-state index in [2.05, 4.69) is 40.9 Å². The van der Waals surface area contributed by atoms with E-state index in [0.717, 1.165) is 11.3 Å². The standard InChI is InChI=1S/C39H28N8O5S/c48-39(49)29-11-15-32(16-12-29)42-45-35-20-18-34(19-21-35)44-41-31-13-7-27(8-14-31)6-9-28-10-17-37(26-38(28)53(50,51)52)47-46-36-24-22-33(23-25-36)43-40-30-4-2-1-3-5-30/h1-26H,(H,48,49)(H,50,51,52). The minimum atomic E-state index is -4.57. The average Bonchev–Trinajstić information content (AvgIpc) is 3.18. The second kappa shape index (κ2) is 16.7. The normalized spacial score (nSPS) is 12.2. The van der Waals surface area contributed by atoms with Crippen LogP contribution in [-0.4, -0.2) is 24.0 Å². The number of aromatic carboxylic acids is 1. The summed E-state index contributed by atoms with van der Waals surface area (Å²) >= 11 is 0. The number of carbonyl (C=O) groups is 1. The first-order valence-corrected chi connectivity index (χ1v) is 17.3. The van der Waals surface area contributed by atoms with Crippen molar-refractivity contribution in [3.8, 4) is 0 Å². The van der Waals surface area contributed by atoms with Crippen LogP contribution in [0, 0.1) is 0 Å². The quantitative estimate of drug-likeness (QED) is 0.0720. The first-order chi connectivity index (χ1) is 25.7. The third-order valence-corrected chi connectivity index (χ3v) is 8.23. The van der Waals surface area contributed by atoms with Gasteiger partial charge in [0.25, 0.3) is 10.1 Å². The summed E-state index contributed by atoms with van der Waals surface area (Å²) in [6, 6.07) is 40.7. The van der Waals surface area contributed by atoms with E-state index in [9.17, 15) is 17.8 Å². The third-order valence-electron chi connectivity index (χ3n) is 7.32. The van der Waals surface area contributed by atoms with Crippen molar-refractivity contribution in [3.05, 3.63) is 162 Å². The van der Waals surface area contributed by atoms with Crippen LogP contribution in [0.25, 0.3) is 12.2 Å². The van der Waals surface area contributed by atoms with Crippen LogP contribution < -0.4 is 0 Å². The predicted molar refractivity (Wildman–Crippen MR) is 201 cm³/mol. The Morgan fingerprint density at radius 2 is 0.811 bits per heavy atom. The number of nitrogens with zero attached hydrogens (tertiary/aromatic N) is 8. The Morgan fingerprint density at radius 1 is 0.453 bits per heavy atom. The van der Waals surface area contributed by atoms with E-state index in [1.165, 1.54) is 24.3 Å². The fraction of sp³-hybridized carbons (Fsp3) is 0. The van der Waals surface area contributed by atoms with Crippen LogP contribution in [0.15, 0.2) is 191 Å². The summed E-state index contributed by atoms with van der Waals surface area (Å²) < 4.78 is 34.4. The largest absolute Gasteiger partial charge is 0.478 e. The summed E-state index contributed by atoms with van der Waals surface area (Å²) in [6.45, 7) is 0. The van der Waals surface area contributed by atoms with Crippen LogP contribution in [0.5, 0.6) is 0 Å². The topological polar surface area (TPSA) is 191 Å². The van der Waals surface area contributed by atoms with Gasteiger partial charge in [0.2, 0.25) is 0 Å². The van der Waals surface area contributed by atoms with Crippen molar-refractivity contribution >= 4 is 73.7 Å². The highest BCUT2D eigenvalue weighted by Crippen LogP contribution is 2.28. The molecule has 0 spiro atoms. The molecular weight excluding hydrogens is 693 g/mol. The lowest BCUT2D eigenvalue weighted by Gasteiger charge is -2.04. The molecule has 0 atom stereocenters. The van der Waals surface area contributed by atoms with Crippen LogP contribution >= 0.6 is 0 Å². The molecule has 0 heterocycles. The van der Waals surface area contributed by atoms with Crippen molar-refractivity contribution in [3.63, 3.8) is 0 Å². The molecule has 14 heteroatoms. The molecule has 0 unspecified atom stereocenters. The lowest BCUT2D eigenvalue weighted by Crippen LogP contribution is -2.00. The van der Waals surface area contributed by atoms with Crippen molar-refractivity contribution in [1.82, 2.24) is 0 Å². The molecule has 0 radical (unpaired) electrons. The first-order valence-electron chi connectivity index (χ1n) is 15.8. The number of carboxylic acid groups (broad SMARTS) is 1. The lowest BCUT2D eigenvalue weighted by atomic mass is 10.1. The van der Waals surface area contributed by atoms with Gasteiger partial charge in [0.1, 0.15) is 4.90 Å². The molecule has 13 nitrogen and oxygen atoms in total. The summed E-state index contributed by atoms with van der Waals surface area (Å²) in [5, 5.41) is 42.5. The maximum atomic E-state index is 12.2. The van der Waals surface area contributed by atoms with Gasteiger partial charge in [-0.15, -0.1) is 0 Å². The van der Waals surface area contributed by atoms with E-state index >= 15 is 0 Å². The van der Waals surface area contributed by atoms with E-state index in [1.807, 2.05) is 30.3 Å². The number of hydrogen-bond donors (Lipinski definition) is 2. The monoisotopic (exact) mass is 720 g/mol. The zero-order chi connectivity index (χ0) is 37.0. The first kappa shape index (κ1) is 35.7. The van der Waals surface area contributed by atoms with Crippen molar-refractivity contribution in [1.29, 1.82) is 0 Å². The van der Waals surface area contributed by atoms with Crippen LogP contribution in [0.3, 0.4) is 0 Å². The van der Waals surface area contributed by atoms with Gasteiger partial charge in [-0.2, -0.15) is 49.3 Å². The second-order valence-corrected chi connectivity index (χ2v) is 12.5. The van der Waals surface area contributed by atoms with Gasteiger partial charge in [0, 0.05) is 0 Å². The van der Waals surface area contributed by atoms with Crippen molar-refractivity contribution in [2.45, 2.75) is 4.90 Å². The fourth-order valence-corrected chi connectivity index (χ4v) is 5.29. The van der Waals surface area contributed by atoms with Crippen molar-refractivity contribution < 1.29 is 22.9 Å². The summed E-state index contributed by atoms with van der Waals surface area (Å²) in [7, 11) is -4.57. The lowest BCUT2D eigenvalue weighted by molar-refractivity contribution is 0.0697. The SMILES string of the molecule is O=C(O)c1ccc(N=Nc2ccc(N=Nc3ccc(C=Cc4ccc(N=Nc5ccc(N=Nc6ccccc6)cc5)cc4S(=O)(=O)O)cc3)cc2)cc1. The van der Waals surface area contributed by atoms with Gasteiger partial charge in [0.05, 0.1) is 51.1 Å². The molecule has 6 rings (SSSR count). The van der Waals surface area contributed by atoms with Gasteiger partial charge < -0.3 is 5.11 Å². The zero-order valence-corrected chi connectivity index (χ0v) is 28.4. The predicted octanol–water partition coefficient (Wildman–Crippen LogP) is 12.5. The summed E-state index contributed by atoms with van der Waals surface area (Å²) in [5.41, 5.74) is 5.61. The van der Waals surface area contributed by atoms with Gasteiger partial charge in [0.15, 0.2) is 0 Å². The van der Waals surface area contributed by atoms with Crippen LogP contribution in [0.2, 0.25) is 0 Å². The van der Waals surface area contributed by atoms with E-state index in [0.29, 0.717) is 34.1 Å². The molecule has 0 aromatic heterocycles. The van der Waals surface area contributed by atoms with E-state index in [1.54, 1.807) is 103 Å². The maximum Gasteiger partial charge on any atom is 0.335 e. The highest BCUT2D eigenvalue weighted by Gasteiger charge is 2.15. The molecule has 0 amide bonds. The Hall–Kier alpha value is -7.16. The summed E-state index contributed by atoms with van der Waals surface area (Å²) in [4.78, 5) is 10.7. The molecule has 0 bridgehead atoms. The molecule has 53 heavy (non-hydrogen) atoms. The minimum Gasteiger partial charge on any atom is -0.478 e. The maximum absolute atomic E-state index is 12.2. The Balaban J connectivity index is 1.06. The smallest absolute Gasteiger partial charge is 0.335 e. The number of benzene rings is 6. The molecule has 0 saturated carbocycles. The third kappa shape index (κ3) is 10.4. The Bertz CT molecular complexity index is 2470. The van der Waals surface area contributed by atoms with E-state index in [4.69, 9.17) is 5.11 Å². The fourth-order valence-electron chi connectivity index (χ4n) is 4.58. The molecule has 0 saturated heterocycles. The molecule has 0 aliphatic heterocycles. The number of azo groups is 4. The molecule has 2 N–H and O–H groups in total. The Morgan fingerprint density at radius 3 is 1.23 bits per heavy atom. The van der Waals surface area contributed by atoms with Gasteiger partial charge in [-0.25, -0.2) is 4.79 Å². The Kier molecular flexibility index (Phi) is 11.2. The van der Waals surface area contributed by atoms with E-state index < -0.39 is 16.1 Å². The zero-order valence-electron chi connectivity index (χ0n) is 27.6. The molecule has 0 aliphatic carbocycles. The van der Waals surface area contributed by atoms with Gasteiger partial charge in [-0.05, 0) is 120 Å². The van der Waals surface area contributed by atoms with E-state index in [-0.39, 0.29) is 21.7 Å². The number of carboxylic acids is 1. The average molecular weight is 721 g/mol. The van der Waals surface area contributed by atoms with Crippen LogP contribution in [-0.2, 0) is 10.1 Å². The molecule has 6 aromatic rings. The summed E-state index contributed by atoms with van der Waals surface area (Å²) in [5.74, 6) is -1.01. The van der Waals surface area contributed by atoms with Crippen LogP contribution in [0.1, 0.15) is 21.5 Å². The number of hydrogen-bond acceptors (Lipinski definition) is 11. The van der Waals surface area contributed by atoms with Crippen molar-refractivity contribution in [2.24, 2.45) is 40.9 Å². The van der Waals surface area contributed by atoms with Gasteiger partial charge in [-0.3, -0.25) is 4.55 Å². The molecule has 260 valence electrons. The Labute approximate surface area is 303 Å². The molecule has 0 fully saturated rings. The van der Waals surface area contributed by atoms with Crippen LogP contribution in [0.4, 0.5) is 45.5 Å². The van der Waals surface area contributed by atoms with Gasteiger partial charge in [-0.1, -0.05) is 48.6 Å². The second-order valence-electron chi connectivity index (χ2n) is 11.1. The highest BCUT2D eigenvalue weighted by molar-refractivity contribution is 7.86. The summed E-state index contributed by atoms with van der Waals surface area (Å²) in [6.07, 6.45) is 3.28. The minimum absolute atomic E-state index is 0.171. The molecular formula is C39H28N8O5S. The van der Waals surface area contributed by atoms with Crippen molar-refractivity contribution in [2.75, 3.05) is 0 Å². The molecule has 0 aliphatic rings. The highest BCUT2D eigenvalue weighted by atomic mass is 32.2. The number of rotatable bonds is 12. The van der Waals surface area contributed by atoms with Gasteiger partial charge >= 0.3 is 5.97 Å². The molecule has 6 aromatic carbocycles.